The Labute approximate surface area is 180 Å². The molecular weight excluding hydrogens is 448 g/mol. The number of hydrogen-bond donors (Lipinski definition) is 0. The molecule has 7 heteroatoms. The van der Waals surface area contributed by atoms with Crippen molar-refractivity contribution in [1.29, 1.82) is 0 Å². The Hall–Kier alpha value is -0.420. The summed E-state index contributed by atoms with van der Waals surface area (Å²) in [5.74, 6) is 0.213. The van der Waals surface area contributed by atoms with Crippen LogP contribution in [-0.2, 0) is 0 Å². The van der Waals surface area contributed by atoms with Crippen LogP contribution in [0.5, 0.6) is 0 Å². The van der Waals surface area contributed by atoms with Crippen molar-refractivity contribution in [3.63, 3.8) is 0 Å². The van der Waals surface area contributed by atoms with E-state index in [0.29, 0.717) is 10.0 Å². The minimum atomic E-state index is -0.646. The summed E-state index contributed by atoms with van der Waals surface area (Å²) in [5, 5.41) is 3.40. The van der Waals surface area contributed by atoms with Gasteiger partial charge in [-0.15, -0.1) is 34.5 Å². The van der Waals surface area contributed by atoms with Gasteiger partial charge >= 0.3 is 0 Å². The van der Waals surface area contributed by atoms with Crippen molar-refractivity contribution >= 4 is 69.5 Å². The van der Waals surface area contributed by atoms with Crippen molar-refractivity contribution < 1.29 is 0 Å². The number of thiazole rings is 1. The Balaban J connectivity index is 1.60. The van der Waals surface area contributed by atoms with Crippen LogP contribution in [0.2, 0.25) is 10.0 Å². The van der Waals surface area contributed by atoms with E-state index in [9.17, 15) is 0 Å². The van der Waals surface area contributed by atoms with Crippen LogP contribution in [0, 0.1) is 5.92 Å². The Morgan fingerprint density at radius 2 is 1.85 bits per heavy atom. The van der Waals surface area contributed by atoms with Crippen LogP contribution in [0.4, 0.5) is 0 Å². The summed E-state index contributed by atoms with van der Waals surface area (Å²) in [6, 6.07) is 15.8. The highest BCUT2D eigenvalue weighted by Gasteiger charge is 2.56. The topological polar surface area (TPSA) is 12.9 Å². The minimum Gasteiger partial charge on any atom is -0.230 e. The van der Waals surface area contributed by atoms with Crippen molar-refractivity contribution in [2.45, 2.75) is 20.3 Å². The van der Waals surface area contributed by atoms with Gasteiger partial charge in [0, 0.05) is 27.1 Å². The van der Waals surface area contributed by atoms with Gasteiger partial charge in [0.05, 0.1) is 10.7 Å². The van der Waals surface area contributed by atoms with Crippen molar-refractivity contribution in [3.8, 4) is 11.3 Å². The summed E-state index contributed by atoms with van der Waals surface area (Å²) in [7, 11) is 0. The van der Waals surface area contributed by atoms with Gasteiger partial charge in [-0.25, -0.2) is 4.98 Å². The number of halogens is 4. The molecule has 2 aromatic carbocycles. The van der Waals surface area contributed by atoms with E-state index < -0.39 is 4.33 Å². The van der Waals surface area contributed by atoms with Crippen molar-refractivity contribution in [3.05, 3.63) is 69.5 Å². The third-order valence-corrected chi connectivity index (χ3v) is 8.06. The molecule has 0 radical (unpaired) electrons. The van der Waals surface area contributed by atoms with E-state index in [0.717, 1.165) is 22.0 Å². The third kappa shape index (κ3) is 4.04. The van der Waals surface area contributed by atoms with E-state index in [-0.39, 0.29) is 11.2 Å². The second-order valence-electron chi connectivity index (χ2n) is 6.14. The smallest absolute Gasteiger partial charge is 0.151 e. The zero-order chi connectivity index (χ0) is 18.3. The molecule has 2 atom stereocenters. The Bertz CT molecular complexity index is 926. The number of rotatable bonds is 5. The monoisotopic (exact) mass is 459 g/mol. The van der Waals surface area contributed by atoms with E-state index in [1.54, 1.807) is 29.2 Å². The quantitative estimate of drug-likeness (QED) is 0.281. The van der Waals surface area contributed by atoms with Gasteiger partial charge in [0.25, 0.3) is 0 Å². The zero-order valence-electron chi connectivity index (χ0n) is 13.3. The molecule has 3 aromatic rings. The van der Waals surface area contributed by atoms with Gasteiger partial charge in [0.2, 0.25) is 0 Å². The first kappa shape index (κ1) is 18.9. The molecule has 1 heterocycles. The van der Waals surface area contributed by atoms with E-state index in [1.165, 1.54) is 5.56 Å². The fourth-order valence-electron chi connectivity index (χ4n) is 2.83. The lowest BCUT2D eigenvalue weighted by molar-refractivity contribution is 0.796. The maximum Gasteiger partial charge on any atom is 0.151 e. The first-order chi connectivity index (χ1) is 12.4. The Kier molecular flexibility index (Phi) is 5.49. The summed E-state index contributed by atoms with van der Waals surface area (Å²) < 4.78 is 0.323. The highest BCUT2D eigenvalue weighted by Crippen LogP contribution is 2.63. The van der Waals surface area contributed by atoms with Gasteiger partial charge < -0.3 is 0 Å². The summed E-state index contributed by atoms with van der Waals surface area (Å²) in [4.78, 5) is 4.76. The normalized spacial score (nSPS) is 19.3. The molecule has 1 aliphatic rings. The van der Waals surface area contributed by atoms with Crippen LogP contribution in [0.25, 0.3) is 11.3 Å². The summed E-state index contributed by atoms with van der Waals surface area (Å²) in [6.45, 7) is 0. The average molecular weight is 461 g/mol. The first-order valence-corrected chi connectivity index (χ1v) is 11.2. The summed E-state index contributed by atoms with van der Waals surface area (Å²) in [6.07, 6.45) is 0.796. The van der Waals surface area contributed by atoms with Crippen LogP contribution in [0.15, 0.2) is 58.3 Å². The second-order valence-corrected chi connectivity index (χ2v) is 10.8. The van der Waals surface area contributed by atoms with Crippen LogP contribution in [0.3, 0.4) is 0 Å². The zero-order valence-corrected chi connectivity index (χ0v) is 18.0. The van der Waals surface area contributed by atoms with Gasteiger partial charge in [-0.05, 0) is 30.2 Å². The number of aromatic nitrogens is 1. The standard InChI is InChI=1S/C19H13Cl4NS2/c20-12-6-7-13(15(21)8-12)16-10-25-18(24-16)26-17(14-9-19(14,22)23)11-4-2-1-3-5-11/h1-8,10,14,17H,9H2. The molecule has 0 aliphatic heterocycles. The van der Waals surface area contributed by atoms with Gasteiger partial charge in [0.1, 0.15) is 4.33 Å². The van der Waals surface area contributed by atoms with Gasteiger partial charge in [-0.1, -0.05) is 65.3 Å². The maximum absolute atomic E-state index is 6.36. The molecule has 4 rings (SSSR count). The lowest BCUT2D eigenvalue weighted by atomic mass is 10.1. The molecule has 0 bridgehead atoms. The molecule has 0 saturated heterocycles. The SMILES string of the molecule is Clc1ccc(-c2csc(SC(c3ccccc3)C3CC3(Cl)Cl)n2)c(Cl)c1. The van der Waals surface area contributed by atoms with Crippen LogP contribution in [-0.4, -0.2) is 9.32 Å². The van der Waals surface area contributed by atoms with Gasteiger partial charge in [-0.3, -0.25) is 0 Å². The van der Waals surface area contributed by atoms with Crippen molar-refractivity contribution in [2.24, 2.45) is 5.92 Å². The molecule has 0 N–H and O–H groups in total. The predicted molar refractivity (Wildman–Crippen MR) is 115 cm³/mol. The van der Waals surface area contributed by atoms with Crippen molar-refractivity contribution in [2.75, 3.05) is 0 Å². The highest BCUT2D eigenvalue weighted by molar-refractivity contribution is 8.01. The van der Waals surface area contributed by atoms with Gasteiger partial charge in [0.15, 0.2) is 4.34 Å². The molecule has 0 spiro atoms. The fraction of sp³-hybridized carbons (Fsp3) is 0.211. The average Bonchev–Trinajstić information content (AvgIpc) is 3.02. The maximum atomic E-state index is 6.36. The fourth-order valence-corrected chi connectivity index (χ4v) is 6.44. The van der Waals surface area contributed by atoms with E-state index in [4.69, 9.17) is 51.4 Å². The third-order valence-electron chi connectivity index (χ3n) is 4.29. The van der Waals surface area contributed by atoms with E-state index in [1.807, 2.05) is 35.7 Å². The summed E-state index contributed by atoms with van der Waals surface area (Å²) in [5.41, 5.74) is 2.95. The molecule has 1 aliphatic carbocycles. The number of nitrogens with zero attached hydrogens (tertiary/aromatic N) is 1. The lowest BCUT2D eigenvalue weighted by Crippen LogP contribution is -2.02. The van der Waals surface area contributed by atoms with Crippen molar-refractivity contribution in [1.82, 2.24) is 4.98 Å². The Morgan fingerprint density at radius 1 is 1.12 bits per heavy atom. The van der Waals surface area contributed by atoms with Crippen LogP contribution in [0.1, 0.15) is 17.2 Å². The molecule has 1 aromatic heterocycles. The number of alkyl halides is 2. The Morgan fingerprint density at radius 3 is 2.50 bits per heavy atom. The largest absolute Gasteiger partial charge is 0.230 e. The molecule has 134 valence electrons. The first-order valence-electron chi connectivity index (χ1n) is 7.94. The lowest BCUT2D eigenvalue weighted by Gasteiger charge is -2.16. The van der Waals surface area contributed by atoms with Crippen LogP contribution < -0.4 is 0 Å². The second kappa shape index (κ2) is 7.54. The number of thioether (sulfide) groups is 1. The summed E-state index contributed by atoms with van der Waals surface area (Å²) >= 11 is 28.3. The van der Waals surface area contributed by atoms with E-state index in [2.05, 4.69) is 12.1 Å². The minimum absolute atomic E-state index is 0.172. The molecule has 1 fully saturated rings. The predicted octanol–water partition coefficient (Wildman–Crippen LogP) is 8.14. The molecule has 1 nitrogen and oxygen atoms in total. The van der Waals surface area contributed by atoms with Gasteiger partial charge in [-0.2, -0.15) is 0 Å². The molecular formula is C19H13Cl4NS2. The molecule has 1 saturated carbocycles. The molecule has 0 amide bonds. The number of benzene rings is 2. The molecule has 2 unspecified atom stereocenters. The molecule has 26 heavy (non-hydrogen) atoms. The highest BCUT2D eigenvalue weighted by atomic mass is 35.5. The number of hydrogen-bond acceptors (Lipinski definition) is 3. The van der Waals surface area contributed by atoms with E-state index >= 15 is 0 Å². The van der Waals surface area contributed by atoms with Crippen LogP contribution >= 0.6 is 69.5 Å².